The van der Waals surface area contributed by atoms with Gasteiger partial charge >= 0.3 is 0 Å². The van der Waals surface area contributed by atoms with Crippen molar-refractivity contribution >= 4 is 0 Å². The Bertz CT molecular complexity index is 263. The molecule has 3 rings (SSSR count). The third-order valence-electron chi connectivity index (χ3n) is 5.68. The Labute approximate surface area is 92.6 Å². The van der Waals surface area contributed by atoms with Gasteiger partial charge in [0.1, 0.15) is 0 Å². The molecule has 3 aliphatic carbocycles. The molecule has 0 aromatic carbocycles. The van der Waals surface area contributed by atoms with E-state index >= 15 is 0 Å². The van der Waals surface area contributed by atoms with Crippen LogP contribution in [0.15, 0.2) is 0 Å². The first-order chi connectivity index (χ1) is 7.17. The maximum Gasteiger partial charge on any atom is 0.0603 e. The first-order valence-electron chi connectivity index (χ1n) is 6.46. The second-order valence-corrected chi connectivity index (χ2v) is 6.19. The van der Waals surface area contributed by atoms with Crippen LogP contribution < -0.4 is 5.73 Å². The predicted octanol–water partition coefficient (Wildman–Crippen LogP) is 2.17. The maximum atomic E-state index is 6.48. The molecule has 0 aromatic rings. The Morgan fingerprint density at radius 1 is 1.27 bits per heavy atom. The standard InChI is InChI=1S/C13H23NO/c1-8-6-13(7-11(8)15-2)10-4-3-9(5-10)12(13)14/h8-12H,3-7,14H2,1-2H3/t8-,9+,10-,11-,12+,13?/m0/s1. The average Bonchev–Trinajstić information content (AvgIpc) is 2.85. The number of hydrogen-bond acceptors (Lipinski definition) is 2. The van der Waals surface area contributed by atoms with E-state index in [1.54, 1.807) is 0 Å². The van der Waals surface area contributed by atoms with Gasteiger partial charge in [0.25, 0.3) is 0 Å². The van der Waals surface area contributed by atoms with Crippen LogP contribution in [0.5, 0.6) is 0 Å². The molecule has 15 heavy (non-hydrogen) atoms. The summed E-state index contributed by atoms with van der Waals surface area (Å²) in [6.07, 6.45) is 7.24. The van der Waals surface area contributed by atoms with Gasteiger partial charge in [0.05, 0.1) is 6.10 Å². The van der Waals surface area contributed by atoms with Crippen molar-refractivity contribution in [3.8, 4) is 0 Å². The second-order valence-electron chi connectivity index (χ2n) is 6.19. The lowest BCUT2D eigenvalue weighted by atomic mass is 9.68. The molecule has 2 heteroatoms. The molecule has 0 saturated heterocycles. The van der Waals surface area contributed by atoms with Crippen LogP contribution in [-0.2, 0) is 4.74 Å². The molecule has 2 nitrogen and oxygen atoms in total. The van der Waals surface area contributed by atoms with Gasteiger partial charge in [-0.25, -0.2) is 0 Å². The molecule has 3 fully saturated rings. The highest BCUT2D eigenvalue weighted by Crippen LogP contribution is 2.63. The van der Waals surface area contributed by atoms with E-state index in [-0.39, 0.29) is 0 Å². The van der Waals surface area contributed by atoms with E-state index in [0.29, 0.717) is 23.5 Å². The van der Waals surface area contributed by atoms with Gasteiger partial charge < -0.3 is 10.5 Å². The molecule has 0 aromatic heterocycles. The number of hydrogen-bond donors (Lipinski definition) is 1. The smallest absolute Gasteiger partial charge is 0.0603 e. The third kappa shape index (κ3) is 1.18. The monoisotopic (exact) mass is 209 g/mol. The quantitative estimate of drug-likeness (QED) is 0.718. The predicted molar refractivity (Wildman–Crippen MR) is 60.4 cm³/mol. The van der Waals surface area contributed by atoms with Crippen LogP contribution in [0, 0.1) is 23.2 Å². The maximum absolute atomic E-state index is 6.48. The molecule has 0 heterocycles. The topological polar surface area (TPSA) is 35.2 Å². The third-order valence-corrected chi connectivity index (χ3v) is 5.68. The van der Waals surface area contributed by atoms with E-state index in [1.807, 2.05) is 7.11 Å². The number of methoxy groups -OCH3 is 1. The minimum absolute atomic E-state index is 0.461. The van der Waals surface area contributed by atoms with Gasteiger partial charge in [0, 0.05) is 13.2 Å². The normalized spacial score (nSPS) is 58.2. The summed E-state index contributed by atoms with van der Waals surface area (Å²) in [6, 6.07) is 0.471. The second kappa shape index (κ2) is 3.21. The highest BCUT2D eigenvalue weighted by Gasteiger charge is 2.60. The van der Waals surface area contributed by atoms with Crippen LogP contribution in [-0.4, -0.2) is 19.3 Å². The van der Waals surface area contributed by atoms with Crippen molar-refractivity contribution in [1.82, 2.24) is 0 Å². The molecule has 1 spiro atoms. The molecule has 1 unspecified atom stereocenters. The zero-order valence-corrected chi connectivity index (χ0v) is 9.91. The Kier molecular flexibility index (Phi) is 2.16. The molecule has 2 N–H and O–H groups in total. The van der Waals surface area contributed by atoms with Gasteiger partial charge in [0.15, 0.2) is 0 Å². The zero-order valence-electron chi connectivity index (χ0n) is 9.91. The zero-order chi connectivity index (χ0) is 10.6. The molecule has 0 amide bonds. The molecular weight excluding hydrogens is 186 g/mol. The molecule has 0 aliphatic heterocycles. The van der Waals surface area contributed by atoms with E-state index in [9.17, 15) is 0 Å². The van der Waals surface area contributed by atoms with Crippen LogP contribution in [0.3, 0.4) is 0 Å². The summed E-state index contributed by atoms with van der Waals surface area (Å²) in [5.41, 5.74) is 6.95. The summed E-state index contributed by atoms with van der Waals surface area (Å²) in [5.74, 6) is 2.46. The molecule has 3 saturated carbocycles. The number of ether oxygens (including phenoxy) is 1. The fourth-order valence-corrected chi connectivity index (χ4v) is 4.92. The van der Waals surface area contributed by atoms with Crippen LogP contribution >= 0.6 is 0 Å². The molecule has 6 atom stereocenters. The van der Waals surface area contributed by atoms with Gasteiger partial charge in [-0.15, -0.1) is 0 Å². The van der Waals surface area contributed by atoms with Crippen molar-refractivity contribution in [3.05, 3.63) is 0 Å². The number of rotatable bonds is 1. The highest BCUT2D eigenvalue weighted by molar-refractivity contribution is 5.12. The van der Waals surface area contributed by atoms with E-state index in [4.69, 9.17) is 10.5 Å². The van der Waals surface area contributed by atoms with E-state index in [2.05, 4.69) is 6.92 Å². The summed E-state index contributed by atoms with van der Waals surface area (Å²) < 4.78 is 5.61. The van der Waals surface area contributed by atoms with Crippen molar-refractivity contribution in [2.24, 2.45) is 28.9 Å². The van der Waals surface area contributed by atoms with Crippen molar-refractivity contribution in [3.63, 3.8) is 0 Å². The highest BCUT2D eigenvalue weighted by atomic mass is 16.5. The summed E-state index contributed by atoms with van der Waals surface area (Å²) in [4.78, 5) is 0. The fraction of sp³-hybridized carbons (Fsp3) is 1.00. The largest absolute Gasteiger partial charge is 0.381 e. The summed E-state index contributed by atoms with van der Waals surface area (Å²) in [7, 11) is 1.86. The fourth-order valence-electron chi connectivity index (χ4n) is 4.92. The van der Waals surface area contributed by atoms with Crippen molar-refractivity contribution in [1.29, 1.82) is 0 Å². The average molecular weight is 209 g/mol. The van der Waals surface area contributed by atoms with Gasteiger partial charge in [-0.3, -0.25) is 0 Å². The SMILES string of the molecule is CO[C@H]1CC2(C[C@@H]1C)[C@H]1CC[C@H](C1)[C@H]2N. The van der Waals surface area contributed by atoms with Crippen molar-refractivity contribution < 1.29 is 4.74 Å². The Morgan fingerprint density at radius 2 is 2.07 bits per heavy atom. The Hall–Kier alpha value is -0.0800. The first-order valence-corrected chi connectivity index (χ1v) is 6.46. The summed E-state index contributed by atoms with van der Waals surface area (Å²) >= 11 is 0. The van der Waals surface area contributed by atoms with Crippen LogP contribution in [0.2, 0.25) is 0 Å². The lowest BCUT2D eigenvalue weighted by Crippen LogP contribution is -2.45. The van der Waals surface area contributed by atoms with Gasteiger partial charge in [-0.2, -0.15) is 0 Å². The molecule has 3 aliphatic rings. The minimum Gasteiger partial charge on any atom is -0.381 e. The summed E-state index contributed by atoms with van der Waals surface area (Å²) in [6.45, 7) is 2.33. The minimum atomic E-state index is 0.461. The molecule has 2 bridgehead atoms. The van der Waals surface area contributed by atoms with Gasteiger partial charge in [0.2, 0.25) is 0 Å². The number of nitrogens with two attached hydrogens (primary N) is 1. The first kappa shape index (κ1) is 10.1. The Morgan fingerprint density at radius 3 is 2.60 bits per heavy atom. The molecular formula is C13H23NO. The van der Waals surface area contributed by atoms with Crippen LogP contribution in [0.25, 0.3) is 0 Å². The Balaban J connectivity index is 1.86. The lowest BCUT2D eigenvalue weighted by molar-refractivity contribution is 0.0593. The van der Waals surface area contributed by atoms with E-state index in [1.165, 1.54) is 32.1 Å². The summed E-state index contributed by atoms with van der Waals surface area (Å²) in [5, 5.41) is 0. The molecule has 86 valence electrons. The van der Waals surface area contributed by atoms with Gasteiger partial charge in [-0.05, 0) is 55.3 Å². The molecule has 0 radical (unpaired) electrons. The van der Waals surface area contributed by atoms with E-state index < -0.39 is 0 Å². The van der Waals surface area contributed by atoms with Crippen molar-refractivity contribution in [2.75, 3.05) is 7.11 Å². The lowest BCUT2D eigenvalue weighted by Gasteiger charge is -2.39. The van der Waals surface area contributed by atoms with Crippen molar-refractivity contribution in [2.45, 2.75) is 51.2 Å². The van der Waals surface area contributed by atoms with Gasteiger partial charge in [-0.1, -0.05) is 6.92 Å². The van der Waals surface area contributed by atoms with Crippen LogP contribution in [0.4, 0.5) is 0 Å². The van der Waals surface area contributed by atoms with Crippen LogP contribution in [0.1, 0.15) is 39.0 Å². The number of fused-ring (bicyclic) bond motifs is 3. The van der Waals surface area contributed by atoms with E-state index in [0.717, 1.165) is 11.8 Å².